The molecule has 1 aliphatic heterocycles. The number of guanidine groups is 1. The minimum absolute atomic E-state index is 0.483. The fourth-order valence-corrected chi connectivity index (χ4v) is 3.15. The molecule has 0 saturated carbocycles. The van der Waals surface area contributed by atoms with Crippen LogP contribution in [0.15, 0.2) is 59.6 Å². The van der Waals surface area contributed by atoms with Crippen LogP contribution < -0.4 is 11.1 Å². The lowest BCUT2D eigenvalue weighted by Gasteiger charge is -2.34. The summed E-state index contributed by atoms with van der Waals surface area (Å²) in [4.78, 5) is 9.43. The van der Waals surface area contributed by atoms with E-state index in [1.165, 1.54) is 11.1 Å². The Morgan fingerprint density at radius 1 is 0.962 bits per heavy atom. The van der Waals surface area contributed by atoms with E-state index in [1.54, 1.807) is 0 Å². The normalized spacial score (nSPS) is 16.6. The molecule has 2 aromatic rings. The quantitative estimate of drug-likeness (QED) is 0.620. The third kappa shape index (κ3) is 5.86. The number of benzene rings is 2. The van der Waals surface area contributed by atoms with Crippen molar-refractivity contribution in [3.63, 3.8) is 0 Å². The van der Waals surface area contributed by atoms with Gasteiger partial charge in [-0.25, -0.2) is 0 Å². The largest absolute Gasteiger partial charge is 0.370 e. The fourth-order valence-electron chi connectivity index (χ4n) is 3.15. The molecule has 0 aromatic heterocycles. The molecule has 0 spiro atoms. The summed E-state index contributed by atoms with van der Waals surface area (Å²) in [6.45, 7) is 9.19. The van der Waals surface area contributed by atoms with Crippen LogP contribution in [0.5, 0.6) is 0 Å². The minimum atomic E-state index is 0.483. The molecule has 0 amide bonds. The van der Waals surface area contributed by atoms with Crippen molar-refractivity contribution in [3.05, 3.63) is 65.7 Å². The molecule has 5 nitrogen and oxygen atoms in total. The Morgan fingerprint density at radius 3 is 2.31 bits per heavy atom. The molecule has 0 bridgehead atoms. The molecule has 0 atom stereocenters. The van der Waals surface area contributed by atoms with Gasteiger partial charge in [-0.2, -0.15) is 0 Å². The van der Waals surface area contributed by atoms with Crippen LogP contribution in [0.3, 0.4) is 0 Å². The van der Waals surface area contributed by atoms with Crippen LogP contribution in [0, 0.1) is 6.92 Å². The van der Waals surface area contributed by atoms with E-state index in [0.717, 1.165) is 51.5 Å². The predicted molar refractivity (Wildman–Crippen MR) is 109 cm³/mol. The number of nitrogens with zero attached hydrogens (tertiary/aromatic N) is 3. The number of nitrogens with one attached hydrogen (secondary N) is 1. The van der Waals surface area contributed by atoms with Gasteiger partial charge >= 0.3 is 0 Å². The molecule has 1 aliphatic rings. The predicted octanol–water partition coefficient (Wildman–Crippen LogP) is 2.54. The molecule has 0 unspecified atom stereocenters. The molecule has 3 rings (SSSR count). The Bertz CT molecular complexity index is 688. The third-order valence-corrected chi connectivity index (χ3v) is 4.74. The maximum Gasteiger partial charge on any atom is 0.193 e. The van der Waals surface area contributed by atoms with E-state index < -0.39 is 0 Å². The molecular weight excluding hydrogens is 322 g/mol. The van der Waals surface area contributed by atoms with Gasteiger partial charge in [0.1, 0.15) is 0 Å². The number of nitrogens with two attached hydrogens (primary N) is 1. The van der Waals surface area contributed by atoms with Crippen molar-refractivity contribution < 1.29 is 0 Å². The molecule has 5 heteroatoms. The Kier molecular flexibility index (Phi) is 6.63. The van der Waals surface area contributed by atoms with Crippen molar-refractivity contribution in [2.45, 2.75) is 13.5 Å². The van der Waals surface area contributed by atoms with Gasteiger partial charge in [-0.1, -0.05) is 48.0 Å². The van der Waals surface area contributed by atoms with Gasteiger partial charge in [-0.3, -0.25) is 14.8 Å². The van der Waals surface area contributed by atoms with Crippen LogP contribution >= 0.6 is 0 Å². The van der Waals surface area contributed by atoms with E-state index in [4.69, 9.17) is 5.73 Å². The number of hydrogen-bond acceptors (Lipinski definition) is 3. The maximum absolute atomic E-state index is 5.98. The zero-order valence-corrected chi connectivity index (χ0v) is 15.6. The van der Waals surface area contributed by atoms with Gasteiger partial charge in [0, 0.05) is 45.0 Å². The Morgan fingerprint density at radius 2 is 1.62 bits per heavy atom. The van der Waals surface area contributed by atoms with E-state index in [2.05, 4.69) is 69.5 Å². The van der Waals surface area contributed by atoms with Crippen LogP contribution in [-0.4, -0.2) is 55.0 Å². The highest BCUT2D eigenvalue weighted by molar-refractivity contribution is 5.92. The number of anilines is 1. The summed E-state index contributed by atoms with van der Waals surface area (Å²) in [7, 11) is 0. The fraction of sp³-hybridized carbons (Fsp3) is 0.381. The second-order valence-electron chi connectivity index (χ2n) is 6.86. The SMILES string of the molecule is Cc1ccc(NC(N)=NCCN2CCN(Cc3ccccc3)CC2)cc1. The summed E-state index contributed by atoms with van der Waals surface area (Å²) in [5.74, 6) is 0.483. The van der Waals surface area contributed by atoms with Gasteiger partial charge in [-0.05, 0) is 24.6 Å². The van der Waals surface area contributed by atoms with Crippen LogP contribution in [0.1, 0.15) is 11.1 Å². The summed E-state index contributed by atoms with van der Waals surface area (Å²) < 4.78 is 0. The highest BCUT2D eigenvalue weighted by atomic mass is 15.3. The molecule has 0 aliphatic carbocycles. The number of hydrogen-bond donors (Lipinski definition) is 2. The van der Waals surface area contributed by atoms with E-state index in [9.17, 15) is 0 Å². The Labute approximate surface area is 156 Å². The smallest absolute Gasteiger partial charge is 0.193 e. The maximum atomic E-state index is 5.98. The molecule has 138 valence electrons. The van der Waals surface area contributed by atoms with E-state index >= 15 is 0 Å². The number of rotatable bonds is 6. The van der Waals surface area contributed by atoms with Crippen LogP contribution in [0.4, 0.5) is 5.69 Å². The van der Waals surface area contributed by atoms with E-state index in [1.807, 2.05) is 12.1 Å². The first-order valence-corrected chi connectivity index (χ1v) is 9.31. The molecule has 1 fully saturated rings. The summed E-state index contributed by atoms with van der Waals surface area (Å²) in [6, 6.07) is 18.8. The van der Waals surface area contributed by atoms with E-state index in [-0.39, 0.29) is 0 Å². The number of aliphatic imine (C=N–C) groups is 1. The van der Waals surface area contributed by atoms with Gasteiger partial charge in [0.2, 0.25) is 0 Å². The minimum Gasteiger partial charge on any atom is -0.370 e. The van der Waals surface area contributed by atoms with Crippen LogP contribution in [-0.2, 0) is 6.54 Å². The molecule has 0 radical (unpaired) electrons. The third-order valence-electron chi connectivity index (χ3n) is 4.74. The highest BCUT2D eigenvalue weighted by Crippen LogP contribution is 2.09. The van der Waals surface area contributed by atoms with Gasteiger partial charge in [-0.15, -0.1) is 0 Å². The van der Waals surface area contributed by atoms with Crippen molar-refractivity contribution >= 4 is 11.6 Å². The number of aryl methyl sites for hydroxylation is 1. The van der Waals surface area contributed by atoms with Gasteiger partial charge in [0.05, 0.1) is 6.54 Å². The summed E-state index contributed by atoms with van der Waals surface area (Å²) in [5.41, 5.74) is 9.58. The zero-order chi connectivity index (χ0) is 18.2. The van der Waals surface area contributed by atoms with Crippen molar-refractivity contribution in [2.75, 3.05) is 44.6 Å². The first kappa shape index (κ1) is 18.4. The van der Waals surface area contributed by atoms with Crippen molar-refractivity contribution in [1.82, 2.24) is 9.80 Å². The van der Waals surface area contributed by atoms with Crippen molar-refractivity contribution in [3.8, 4) is 0 Å². The lowest BCUT2D eigenvalue weighted by Crippen LogP contribution is -2.46. The monoisotopic (exact) mass is 351 g/mol. The van der Waals surface area contributed by atoms with Gasteiger partial charge in [0.15, 0.2) is 5.96 Å². The Hall–Kier alpha value is -2.37. The lowest BCUT2D eigenvalue weighted by atomic mass is 10.2. The first-order chi connectivity index (χ1) is 12.7. The van der Waals surface area contributed by atoms with Gasteiger partial charge in [0.25, 0.3) is 0 Å². The zero-order valence-electron chi connectivity index (χ0n) is 15.6. The molecule has 1 saturated heterocycles. The van der Waals surface area contributed by atoms with E-state index in [0.29, 0.717) is 5.96 Å². The summed E-state index contributed by atoms with van der Waals surface area (Å²) in [6.07, 6.45) is 0. The molecular formula is C21H29N5. The average molecular weight is 351 g/mol. The summed E-state index contributed by atoms with van der Waals surface area (Å²) in [5, 5.41) is 3.14. The van der Waals surface area contributed by atoms with Crippen LogP contribution in [0.25, 0.3) is 0 Å². The van der Waals surface area contributed by atoms with Crippen LogP contribution in [0.2, 0.25) is 0 Å². The first-order valence-electron chi connectivity index (χ1n) is 9.31. The second-order valence-corrected chi connectivity index (χ2v) is 6.86. The molecule has 26 heavy (non-hydrogen) atoms. The highest BCUT2D eigenvalue weighted by Gasteiger charge is 2.16. The number of piperazine rings is 1. The molecule has 1 heterocycles. The summed E-state index contributed by atoms with van der Waals surface area (Å²) >= 11 is 0. The van der Waals surface area contributed by atoms with Crippen molar-refractivity contribution in [2.24, 2.45) is 10.7 Å². The Balaban J connectivity index is 1.36. The molecule has 2 aromatic carbocycles. The topological polar surface area (TPSA) is 56.9 Å². The van der Waals surface area contributed by atoms with Gasteiger partial charge < -0.3 is 11.1 Å². The molecule has 3 N–H and O–H groups in total. The second kappa shape index (κ2) is 9.36. The lowest BCUT2D eigenvalue weighted by molar-refractivity contribution is 0.130. The van der Waals surface area contributed by atoms with Crippen molar-refractivity contribution in [1.29, 1.82) is 0 Å². The standard InChI is InChI=1S/C21H29N5/c1-18-7-9-20(10-8-18)24-21(22)23-11-12-25-13-15-26(16-14-25)17-19-5-3-2-4-6-19/h2-10H,11-17H2,1H3,(H3,22,23,24). The average Bonchev–Trinajstić information content (AvgIpc) is 2.66.